The van der Waals surface area contributed by atoms with Gasteiger partial charge < -0.3 is 19.5 Å². The van der Waals surface area contributed by atoms with Crippen molar-refractivity contribution in [1.82, 2.24) is 5.32 Å². The second-order valence-corrected chi connectivity index (χ2v) is 5.79. The summed E-state index contributed by atoms with van der Waals surface area (Å²) >= 11 is 0. The first kappa shape index (κ1) is 17.9. The van der Waals surface area contributed by atoms with Gasteiger partial charge in [-0.1, -0.05) is 12.7 Å². The lowest BCUT2D eigenvalue weighted by Gasteiger charge is -2.20. The van der Waals surface area contributed by atoms with E-state index in [1.165, 1.54) is 0 Å². The monoisotopic (exact) mass is 307 g/mol. The molecule has 0 fully saturated rings. The second-order valence-electron chi connectivity index (χ2n) is 5.79. The molecule has 1 rings (SSSR count). The van der Waals surface area contributed by atoms with Gasteiger partial charge in [-0.05, 0) is 50.5 Å². The molecule has 22 heavy (non-hydrogen) atoms. The Labute approximate surface area is 132 Å². The molecule has 0 aliphatic rings. The molecular weight excluding hydrogens is 282 g/mol. The third kappa shape index (κ3) is 5.31. The van der Waals surface area contributed by atoms with Crippen LogP contribution in [0.3, 0.4) is 0 Å². The standard InChI is InChI=1S/C17H25NO4/c1-7-12-10-14(20-5)15(21-6)11-13(12)8-9-18-16(19)22-17(2,3)4/h7,10-11H,1,8-9H2,2-6H3,(H,18,19). The Bertz CT molecular complexity index is 532. The fraction of sp³-hybridized carbons (Fsp3) is 0.471. The molecule has 0 spiro atoms. The first-order valence-corrected chi connectivity index (χ1v) is 7.15. The first-order chi connectivity index (χ1) is 10.3. The van der Waals surface area contributed by atoms with E-state index in [-0.39, 0.29) is 0 Å². The van der Waals surface area contributed by atoms with Crippen LogP contribution in [0.2, 0.25) is 0 Å². The minimum absolute atomic E-state index is 0.423. The summed E-state index contributed by atoms with van der Waals surface area (Å²) in [7, 11) is 3.18. The zero-order chi connectivity index (χ0) is 16.8. The fourth-order valence-electron chi connectivity index (χ4n) is 1.96. The SMILES string of the molecule is C=Cc1cc(OC)c(OC)cc1CCNC(=O)OC(C)(C)C. The van der Waals surface area contributed by atoms with Crippen LogP contribution in [0.4, 0.5) is 4.79 Å². The number of carbonyl (C=O) groups is 1. The molecule has 1 amide bonds. The van der Waals surface area contributed by atoms with Crippen LogP contribution in [-0.2, 0) is 11.2 Å². The zero-order valence-electron chi connectivity index (χ0n) is 14.0. The van der Waals surface area contributed by atoms with Crippen molar-refractivity contribution < 1.29 is 19.0 Å². The molecule has 5 heteroatoms. The largest absolute Gasteiger partial charge is 0.493 e. The van der Waals surface area contributed by atoms with Crippen molar-refractivity contribution in [2.45, 2.75) is 32.8 Å². The van der Waals surface area contributed by atoms with Crippen LogP contribution in [0.5, 0.6) is 11.5 Å². The third-order valence-corrected chi connectivity index (χ3v) is 2.93. The van der Waals surface area contributed by atoms with Gasteiger partial charge in [0.05, 0.1) is 14.2 Å². The van der Waals surface area contributed by atoms with Crippen molar-refractivity contribution in [3.63, 3.8) is 0 Å². The number of nitrogens with one attached hydrogen (secondary N) is 1. The minimum Gasteiger partial charge on any atom is -0.493 e. The van der Waals surface area contributed by atoms with E-state index >= 15 is 0 Å². The number of alkyl carbamates (subject to hydrolysis) is 1. The number of methoxy groups -OCH3 is 2. The van der Waals surface area contributed by atoms with E-state index < -0.39 is 11.7 Å². The minimum atomic E-state index is -0.500. The molecule has 0 atom stereocenters. The lowest BCUT2D eigenvalue weighted by Crippen LogP contribution is -2.33. The van der Waals surface area contributed by atoms with Gasteiger partial charge in [-0.15, -0.1) is 0 Å². The summed E-state index contributed by atoms with van der Waals surface area (Å²) in [5.74, 6) is 1.31. The molecule has 1 N–H and O–H groups in total. The molecule has 5 nitrogen and oxygen atoms in total. The summed E-state index contributed by atoms with van der Waals surface area (Å²) in [6, 6.07) is 3.77. The highest BCUT2D eigenvalue weighted by Gasteiger charge is 2.16. The van der Waals surface area contributed by atoms with E-state index in [1.54, 1.807) is 20.3 Å². The van der Waals surface area contributed by atoms with Crippen molar-refractivity contribution >= 4 is 12.2 Å². The van der Waals surface area contributed by atoms with Crippen LogP contribution < -0.4 is 14.8 Å². The molecule has 0 aliphatic carbocycles. The molecule has 1 aromatic carbocycles. The fourth-order valence-corrected chi connectivity index (χ4v) is 1.96. The number of ether oxygens (including phenoxy) is 3. The van der Waals surface area contributed by atoms with Crippen molar-refractivity contribution in [3.8, 4) is 11.5 Å². The molecule has 0 bridgehead atoms. The van der Waals surface area contributed by atoms with Gasteiger partial charge in [-0.3, -0.25) is 0 Å². The Morgan fingerprint density at radius 1 is 1.23 bits per heavy atom. The number of carbonyl (C=O) groups excluding carboxylic acids is 1. The van der Waals surface area contributed by atoms with E-state index in [0.717, 1.165) is 11.1 Å². The highest BCUT2D eigenvalue weighted by atomic mass is 16.6. The molecule has 122 valence electrons. The molecule has 0 aromatic heterocycles. The van der Waals surface area contributed by atoms with Crippen LogP contribution in [0.25, 0.3) is 6.08 Å². The number of rotatable bonds is 6. The van der Waals surface area contributed by atoms with E-state index in [1.807, 2.05) is 32.9 Å². The van der Waals surface area contributed by atoms with Gasteiger partial charge in [-0.25, -0.2) is 4.79 Å². The number of hydrogen-bond donors (Lipinski definition) is 1. The number of amides is 1. The molecular formula is C17H25NO4. The first-order valence-electron chi connectivity index (χ1n) is 7.15. The molecule has 0 radical (unpaired) electrons. The van der Waals surface area contributed by atoms with E-state index in [0.29, 0.717) is 24.5 Å². The summed E-state index contributed by atoms with van der Waals surface area (Å²) in [5, 5.41) is 2.74. The average molecular weight is 307 g/mol. The maximum Gasteiger partial charge on any atom is 0.407 e. The predicted molar refractivity (Wildman–Crippen MR) is 87.6 cm³/mol. The Morgan fingerprint density at radius 2 is 1.82 bits per heavy atom. The maximum absolute atomic E-state index is 11.6. The Hall–Kier alpha value is -2.17. The van der Waals surface area contributed by atoms with E-state index in [9.17, 15) is 4.79 Å². The summed E-state index contributed by atoms with van der Waals surface area (Å²) in [6.45, 7) is 9.76. The topological polar surface area (TPSA) is 56.8 Å². The van der Waals surface area contributed by atoms with E-state index in [4.69, 9.17) is 14.2 Å². The lowest BCUT2D eigenvalue weighted by molar-refractivity contribution is 0.0528. The van der Waals surface area contributed by atoms with Gasteiger partial charge in [0.2, 0.25) is 0 Å². The van der Waals surface area contributed by atoms with Crippen LogP contribution in [0.1, 0.15) is 31.9 Å². The van der Waals surface area contributed by atoms with Crippen molar-refractivity contribution in [2.75, 3.05) is 20.8 Å². The van der Waals surface area contributed by atoms with Crippen molar-refractivity contribution in [3.05, 3.63) is 29.8 Å². The number of hydrogen-bond acceptors (Lipinski definition) is 4. The smallest absolute Gasteiger partial charge is 0.407 e. The normalized spacial score (nSPS) is 10.8. The van der Waals surface area contributed by atoms with Crippen LogP contribution >= 0.6 is 0 Å². The van der Waals surface area contributed by atoms with Crippen LogP contribution in [0.15, 0.2) is 18.7 Å². The highest BCUT2D eigenvalue weighted by Crippen LogP contribution is 2.31. The van der Waals surface area contributed by atoms with Gasteiger partial charge in [0.15, 0.2) is 11.5 Å². The molecule has 0 unspecified atom stereocenters. The van der Waals surface area contributed by atoms with Gasteiger partial charge >= 0.3 is 6.09 Å². The average Bonchev–Trinajstić information content (AvgIpc) is 2.44. The second kappa shape index (κ2) is 7.73. The molecule has 0 heterocycles. The zero-order valence-corrected chi connectivity index (χ0v) is 14.0. The lowest BCUT2D eigenvalue weighted by atomic mass is 10.0. The van der Waals surface area contributed by atoms with Gasteiger partial charge in [0.25, 0.3) is 0 Å². The van der Waals surface area contributed by atoms with Gasteiger partial charge in [-0.2, -0.15) is 0 Å². The Kier molecular flexibility index (Phi) is 6.28. The van der Waals surface area contributed by atoms with E-state index in [2.05, 4.69) is 11.9 Å². The quantitative estimate of drug-likeness (QED) is 0.875. The molecule has 0 saturated heterocycles. The van der Waals surface area contributed by atoms with Crippen molar-refractivity contribution in [2.24, 2.45) is 0 Å². The van der Waals surface area contributed by atoms with Gasteiger partial charge in [0, 0.05) is 6.54 Å². The summed E-state index contributed by atoms with van der Waals surface area (Å²) < 4.78 is 15.8. The molecule has 0 saturated carbocycles. The number of benzene rings is 1. The van der Waals surface area contributed by atoms with Crippen LogP contribution in [-0.4, -0.2) is 32.5 Å². The van der Waals surface area contributed by atoms with Crippen LogP contribution in [0, 0.1) is 0 Å². The summed E-state index contributed by atoms with van der Waals surface area (Å²) in [6.07, 6.45) is 1.97. The predicted octanol–water partition coefficient (Wildman–Crippen LogP) is 3.41. The van der Waals surface area contributed by atoms with Crippen molar-refractivity contribution in [1.29, 1.82) is 0 Å². The highest BCUT2D eigenvalue weighted by molar-refractivity contribution is 5.67. The Balaban J connectivity index is 2.73. The van der Waals surface area contributed by atoms with Gasteiger partial charge in [0.1, 0.15) is 5.60 Å². The Morgan fingerprint density at radius 3 is 2.32 bits per heavy atom. The third-order valence-electron chi connectivity index (χ3n) is 2.93. The maximum atomic E-state index is 11.6. The summed E-state index contributed by atoms with van der Waals surface area (Å²) in [4.78, 5) is 11.6. The summed E-state index contributed by atoms with van der Waals surface area (Å²) in [5.41, 5.74) is 1.46. The molecule has 0 aliphatic heterocycles. The molecule has 1 aromatic rings.